The number of methoxy groups -OCH3 is 1. The van der Waals surface area contributed by atoms with E-state index < -0.39 is 6.03 Å². The van der Waals surface area contributed by atoms with Crippen molar-refractivity contribution in [2.24, 2.45) is 0 Å². The zero-order valence-electron chi connectivity index (χ0n) is 17.0. The van der Waals surface area contributed by atoms with E-state index in [1.165, 1.54) is 23.4 Å². The second kappa shape index (κ2) is 9.51. The van der Waals surface area contributed by atoms with Crippen LogP contribution in [0.3, 0.4) is 0 Å². The van der Waals surface area contributed by atoms with E-state index in [4.69, 9.17) is 16.3 Å². The van der Waals surface area contributed by atoms with Gasteiger partial charge in [-0.2, -0.15) is 10.2 Å². The lowest BCUT2D eigenvalue weighted by Crippen LogP contribution is -2.22. The van der Waals surface area contributed by atoms with Crippen molar-refractivity contribution in [3.05, 3.63) is 47.6 Å². The molecule has 158 valence electrons. The molecule has 3 heterocycles. The molecule has 10 nitrogen and oxygen atoms in total. The van der Waals surface area contributed by atoms with Gasteiger partial charge in [-0.15, -0.1) is 4.80 Å². The number of pyridine rings is 2. The van der Waals surface area contributed by atoms with Crippen LogP contribution in [0.4, 0.5) is 21.9 Å². The first-order chi connectivity index (χ1) is 14.4. The van der Waals surface area contributed by atoms with Crippen molar-refractivity contribution in [1.29, 1.82) is 0 Å². The van der Waals surface area contributed by atoms with Crippen molar-refractivity contribution in [2.75, 3.05) is 23.1 Å². The summed E-state index contributed by atoms with van der Waals surface area (Å²) in [6.07, 6.45) is 7.53. The second-order valence-electron chi connectivity index (χ2n) is 6.75. The maximum atomic E-state index is 12.6. The van der Waals surface area contributed by atoms with Crippen molar-refractivity contribution in [3.63, 3.8) is 0 Å². The fourth-order valence-corrected chi connectivity index (χ4v) is 3.05. The number of ether oxygens (including phenoxy) is 1. The van der Waals surface area contributed by atoms with Gasteiger partial charge in [-0.05, 0) is 26.8 Å². The van der Waals surface area contributed by atoms with Gasteiger partial charge in [0.1, 0.15) is 0 Å². The minimum atomic E-state index is -0.467. The SMILES string of the molecule is COC(C)c1c(NC(=O)Nc2cnc(-n3nccn3)c(Cl)c2)cncc1NC(C)C. The molecule has 0 saturated heterocycles. The number of aromatic nitrogens is 5. The highest BCUT2D eigenvalue weighted by Crippen LogP contribution is 2.32. The average molecular weight is 431 g/mol. The third kappa shape index (κ3) is 5.02. The van der Waals surface area contributed by atoms with E-state index in [0.717, 1.165) is 11.3 Å². The Morgan fingerprint density at radius 1 is 1.10 bits per heavy atom. The molecule has 11 heteroatoms. The van der Waals surface area contributed by atoms with Crippen LogP contribution in [0.15, 0.2) is 37.1 Å². The zero-order chi connectivity index (χ0) is 21.7. The maximum absolute atomic E-state index is 12.6. The quantitative estimate of drug-likeness (QED) is 0.520. The minimum absolute atomic E-state index is 0.190. The molecule has 3 aromatic rings. The van der Waals surface area contributed by atoms with Gasteiger partial charge in [0.25, 0.3) is 0 Å². The zero-order valence-corrected chi connectivity index (χ0v) is 17.8. The molecule has 2 amide bonds. The summed E-state index contributed by atoms with van der Waals surface area (Å²) in [5, 5.41) is 17.1. The van der Waals surface area contributed by atoms with Gasteiger partial charge in [0.05, 0.1) is 59.2 Å². The molecule has 3 rings (SSSR count). The Morgan fingerprint density at radius 3 is 2.43 bits per heavy atom. The van der Waals surface area contributed by atoms with E-state index in [-0.39, 0.29) is 12.1 Å². The molecule has 1 unspecified atom stereocenters. The van der Waals surface area contributed by atoms with Crippen molar-refractivity contribution < 1.29 is 9.53 Å². The van der Waals surface area contributed by atoms with Crippen LogP contribution >= 0.6 is 11.6 Å². The Bertz CT molecular complexity index is 1010. The van der Waals surface area contributed by atoms with Crippen molar-refractivity contribution in [3.8, 4) is 5.82 Å². The number of carbonyl (C=O) groups excluding carboxylic acids is 1. The lowest BCUT2D eigenvalue weighted by molar-refractivity contribution is 0.120. The number of urea groups is 1. The van der Waals surface area contributed by atoms with Gasteiger partial charge in [0.15, 0.2) is 5.82 Å². The van der Waals surface area contributed by atoms with Crippen LogP contribution in [-0.2, 0) is 4.74 Å². The molecule has 0 fully saturated rings. The molecule has 0 aliphatic rings. The molecule has 3 aromatic heterocycles. The normalized spacial score (nSPS) is 11.9. The number of amides is 2. The van der Waals surface area contributed by atoms with E-state index in [1.807, 2.05) is 20.8 Å². The third-order valence-corrected chi connectivity index (χ3v) is 4.41. The molecule has 0 aromatic carbocycles. The molecule has 3 N–H and O–H groups in total. The Labute approximate surface area is 179 Å². The topological polar surface area (TPSA) is 119 Å². The summed E-state index contributed by atoms with van der Waals surface area (Å²) in [5.74, 6) is 0.362. The van der Waals surface area contributed by atoms with Crippen LogP contribution in [0.1, 0.15) is 32.4 Å². The van der Waals surface area contributed by atoms with Gasteiger partial charge in [-0.25, -0.2) is 9.78 Å². The molecular weight excluding hydrogens is 408 g/mol. The number of nitrogens with one attached hydrogen (secondary N) is 3. The van der Waals surface area contributed by atoms with E-state index in [2.05, 4.69) is 36.1 Å². The van der Waals surface area contributed by atoms with Crippen LogP contribution in [-0.4, -0.2) is 44.1 Å². The van der Waals surface area contributed by atoms with E-state index >= 15 is 0 Å². The highest BCUT2D eigenvalue weighted by molar-refractivity contribution is 6.32. The summed E-state index contributed by atoms with van der Waals surface area (Å²) in [4.78, 5) is 22.3. The molecule has 0 spiro atoms. The first-order valence-electron chi connectivity index (χ1n) is 9.26. The standard InChI is InChI=1S/C19H23ClN8O2/c1-11(2)25-15-9-21-10-16(17(15)12(3)30-4)27-19(29)26-13-7-14(20)18(22-8-13)28-23-5-6-24-28/h5-12,25H,1-4H3,(H2,26,27,29). The van der Waals surface area contributed by atoms with Crippen LogP contribution < -0.4 is 16.0 Å². The summed E-state index contributed by atoms with van der Waals surface area (Å²) in [5.41, 5.74) is 2.54. The van der Waals surface area contributed by atoms with Crippen LogP contribution in [0.5, 0.6) is 0 Å². The van der Waals surface area contributed by atoms with Crippen LogP contribution in [0, 0.1) is 0 Å². The lowest BCUT2D eigenvalue weighted by atomic mass is 10.1. The fraction of sp³-hybridized carbons (Fsp3) is 0.316. The number of nitrogens with zero attached hydrogens (tertiary/aromatic N) is 5. The van der Waals surface area contributed by atoms with Gasteiger partial charge in [0.2, 0.25) is 0 Å². The number of carbonyl (C=O) groups is 1. The molecular formula is C19H23ClN8O2. The smallest absolute Gasteiger partial charge is 0.323 e. The largest absolute Gasteiger partial charge is 0.381 e. The van der Waals surface area contributed by atoms with Crippen molar-refractivity contribution in [1.82, 2.24) is 25.0 Å². The molecule has 30 heavy (non-hydrogen) atoms. The Morgan fingerprint density at radius 2 is 1.80 bits per heavy atom. The number of halogens is 1. The van der Waals surface area contributed by atoms with Gasteiger partial charge in [-0.3, -0.25) is 4.98 Å². The van der Waals surface area contributed by atoms with Crippen LogP contribution in [0.25, 0.3) is 5.82 Å². The fourth-order valence-electron chi connectivity index (χ4n) is 2.81. The number of hydrogen-bond acceptors (Lipinski definition) is 7. The number of anilines is 3. The summed E-state index contributed by atoms with van der Waals surface area (Å²) >= 11 is 6.25. The van der Waals surface area contributed by atoms with E-state index in [9.17, 15) is 4.79 Å². The van der Waals surface area contributed by atoms with Crippen molar-refractivity contribution in [2.45, 2.75) is 32.9 Å². The molecule has 0 aliphatic heterocycles. The summed E-state index contributed by atoms with van der Waals surface area (Å²) in [6.45, 7) is 5.94. The second-order valence-corrected chi connectivity index (χ2v) is 7.16. The van der Waals surface area contributed by atoms with Gasteiger partial charge in [-0.1, -0.05) is 11.6 Å². The van der Waals surface area contributed by atoms with Crippen molar-refractivity contribution >= 4 is 34.7 Å². The van der Waals surface area contributed by atoms with Gasteiger partial charge >= 0.3 is 6.03 Å². The lowest BCUT2D eigenvalue weighted by Gasteiger charge is -2.21. The predicted octanol–water partition coefficient (Wildman–Crippen LogP) is 3.88. The molecule has 0 radical (unpaired) electrons. The monoisotopic (exact) mass is 430 g/mol. The predicted molar refractivity (Wildman–Crippen MR) is 115 cm³/mol. The van der Waals surface area contributed by atoms with E-state index in [0.29, 0.717) is 22.2 Å². The molecule has 0 saturated carbocycles. The van der Waals surface area contributed by atoms with Crippen LogP contribution in [0.2, 0.25) is 5.02 Å². The Hall–Kier alpha value is -3.24. The summed E-state index contributed by atoms with van der Waals surface area (Å²) in [6, 6.07) is 1.29. The van der Waals surface area contributed by atoms with Gasteiger partial charge < -0.3 is 20.7 Å². The summed E-state index contributed by atoms with van der Waals surface area (Å²) in [7, 11) is 1.61. The minimum Gasteiger partial charge on any atom is -0.381 e. The average Bonchev–Trinajstić information content (AvgIpc) is 3.21. The highest BCUT2D eigenvalue weighted by Gasteiger charge is 2.18. The molecule has 1 atom stereocenters. The molecule has 0 bridgehead atoms. The highest BCUT2D eigenvalue weighted by atomic mass is 35.5. The summed E-state index contributed by atoms with van der Waals surface area (Å²) < 4.78 is 5.48. The van der Waals surface area contributed by atoms with Gasteiger partial charge in [0, 0.05) is 18.7 Å². The Balaban J connectivity index is 1.78. The van der Waals surface area contributed by atoms with E-state index in [1.54, 1.807) is 25.6 Å². The first kappa shape index (κ1) is 21.5. The third-order valence-electron chi connectivity index (χ3n) is 4.13. The molecule has 0 aliphatic carbocycles. The maximum Gasteiger partial charge on any atom is 0.323 e. The number of rotatable bonds is 7. The Kier molecular flexibility index (Phi) is 6.80. The first-order valence-corrected chi connectivity index (χ1v) is 9.64. The number of hydrogen-bond donors (Lipinski definition) is 3.